The number of Topliss-reactive ketones (excluding diaryl/α,β-unsaturated/α-hetero) is 1. The number of aliphatic hydroxyl groups excluding tert-OH is 2. The number of cyclic esters (lactones) is 1. The number of hydrogen-bond donors (Lipinski definition) is 3. The molecule has 1 aliphatic heterocycles. The third-order valence-corrected chi connectivity index (χ3v) is 6.86. The van der Waals surface area contributed by atoms with Crippen molar-refractivity contribution in [3.05, 3.63) is 42.0 Å². The van der Waals surface area contributed by atoms with E-state index in [0.29, 0.717) is 5.69 Å². The quantitative estimate of drug-likeness (QED) is 0.441. The smallest absolute Gasteiger partial charge is 0.309 e. The van der Waals surface area contributed by atoms with Crippen LogP contribution in [0, 0.1) is 17.3 Å². The number of hydrogen-bond acceptors (Lipinski definition) is 6. The van der Waals surface area contributed by atoms with Crippen molar-refractivity contribution < 1.29 is 29.3 Å². The van der Waals surface area contributed by atoms with Crippen molar-refractivity contribution in [3.63, 3.8) is 0 Å². The molecule has 3 N–H and O–H groups in total. The number of rotatable bonds is 2. The highest BCUT2D eigenvalue weighted by molar-refractivity contribution is 5.95. The molecule has 0 aromatic heterocycles. The number of para-hydroxylation sites is 1. The van der Waals surface area contributed by atoms with Crippen molar-refractivity contribution in [1.82, 2.24) is 0 Å². The number of benzene rings is 1. The number of ketones is 1. The van der Waals surface area contributed by atoms with E-state index in [2.05, 4.69) is 5.32 Å². The van der Waals surface area contributed by atoms with Crippen molar-refractivity contribution in [3.8, 4) is 0 Å². The van der Waals surface area contributed by atoms with Gasteiger partial charge in [0.05, 0.1) is 24.0 Å². The Labute approximate surface area is 202 Å². The molecule has 0 saturated heterocycles. The van der Waals surface area contributed by atoms with Crippen LogP contribution in [0.3, 0.4) is 0 Å². The van der Waals surface area contributed by atoms with E-state index in [1.165, 1.54) is 0 Å². The molecule has 7 heteroatoms. The maximum atomic E-state index is 13.1. The number of carbonyl (C=O) groups is 3. The Morgan fingerprint density at radius 2 is 1.76 bits per heavy atom. The molecule has 1 aliphatic rings. The molecular formula is C27H39NO6. The molecule has 7 nitrogen and oxygen atoms in total. The fourth-order valence-corrected chi connectivity index (χ4v) is 4.26. The van der Waals surface area contributed by atoms with Gasteiger partial charge < -0.3 is 20.3 Å². The van der Waals surface area contributed by atoms with E-state index in [1.54, 1.807) is 45.0 Å². The van der Waals surface area contributed by atoms with Gasteiger partial charge in [0.15, 0.2) is 6.10 Å². The number of aliphatic hydroxyl groups is 2. The molecule has 0 spiro atoms. The minimum Gasteiger partial charge on any atom is -0.452 e. The number of anilines is 1. The standard InChI is InChI=1S/C27H39NO6/c1-17-10-9-11-18(2)24(31)19(3)25(32)27(4,5)22(29)16-23(30)34-21(15-14-17)26(33)28-20-12-7-6-8-13-20/h6-8,12-14,18-19,21-22,24,29,31H,9-11,15-16H2,1-5H3,(H,28,33)/b17-14-/t18-,19+,21?,22+,24-/m1/s1. The molecule has 0 aliphatic carbocycles. The molecule has 0 bridgehead atoms. The second kappa shape index (κ2) is 12.3. The van der Waals surface area contributed by atoms with Crippen molar-refractivity contribution in [2.45, 2.75) is 85.0 Å². The number of esters is 1. The third-order valence-electron chi connectivity index (χ3n) is 6.86. The van der Waals surface area contributed by atoms with Crippen LogP contribution in [0.25, 0.3) is 0 Å². The first-order valence-corrected chi connectivity index (χ1v) is 12.0. The molecule has 0 radical (unpaired) electrons. The summed E-state index contributed by atoms with van der Waals surface area (Å²) in [5.74, 6) is -2.32. The molecule has 34 heavy (non-hydrogen) atoms. The molecule has 1 unspecified atom stereocenters. The van der Waals surface area contributed by atoms with Gasteiger partial charge in [-0.05, 0) is 44.2 Å². The number of ether oxygens (including phenoxy) is 1. The van der Waals surface area contributed by atoms with Crippen LogP contribution in [-0.2, 0) is 19.1 Å². The van der Waals surface area contributed by atoms with E-state index in [1.807, 2.05) is 26.0 Å². The lowest BCUT2D eigenvalue weighted by molar-refractivity contribution is -0.159. The lowest BCUT2D eigenvalue weighted by Crippen LogP contribution is -2.46. The first kappa shape index (κ1) is 27.7. The Kier molecular flexibility index (Phi) is 10.0. The lowest BCUT2D eigenvalue weighted by atomic mass is 9.73. The zero-order valence-electron chi connectivity index (χ0n) is 20.9. The van der Waals surface area contributed by atoms with Gasteiger partial charge in [0.25, 0.3) is 5.91 Å². The van der Waals surface area contributed by atoms with Crippen molar-refractivity contribution in [1.29, 1.82) is 0 Å². The first-order valence-electron chi connectivity index (χ1n) is 12.0. The van der Waals surface area contributed by atoms with E-state index in [9.17, 15) is 24.6 Å². The lowest BCUT2D eigenvalue weighted by Gasteiger charge is -2.34. The van der Waals surface area contributed by atoms with Crippen molar-refractivity contribution >= 4 is 23.3 Å². The van der Waals surface area contributed by atoms with E-state index in [4.69, 9.17) is 4.74 Å². The van der Waals surface area contributed by atoms with E-state index < -0.39 is 47.9 Å². The predicted molar refractivity (Wildman–Crippen MR) is 131 cm³/mol. The van der Waals surface area contributed by atoms with Crippen molar-refractivity contribution in [2.24, 2.45) is 17.3 Å². The van der Waals surface area contributed by atoms with Crippen LogP contribution in [-0.4, -0.2) is 46.2 Å². The molecule has 1 amide bonds. The minimum atomic E-state index is -1.32. The monoisotopic (exact) mass is 473 g/mol. The zero-order valence-corrected chi connectivity index (χ0v) is 20.9. The zero-order chi connectivity index (χ0) is 25.5. The van der Waals surface area contributed by atoms with Gasteiger partial charge in [-0.2, -0.15) is 0 Å². The molecular weight excluding hydrogens is 434 g/mol. The summed E-state index contributed by atoms with van der Waals surface area (Å²) in [6.45, 7) is 8.67. The Balaban J connectivity index is 2.28. The average molecular weight is 474 g/mol. The van der Waals surface area contributed by atoms with E-state index in [-0.39, 0.29) is 18.1 Å². The Hall–Kier alpha value is -2.51. The topological polar surface area (TPSA) is 113 Å². The number of nitrogens with one attached hydrogen (secondary N) is 1. The Bertz CT molecular complexity index is 878. The maximum absolute atomic E-state index is 13.1. The van der Waals surface area contributed by atoms with Gasteiger partial charge in [0.1, 0.15) is 5.78 Å². The predicted octanol–water partition coefficient (Wildman–Crippen LogP) is 4.04. The van der Waals surface area contributed by atoms with Crippen LogP contribution < -0.4 is 5.32 Å². The van der Waals surface area contributed by atoms with Gasteiger partial charge in [-0.25, -0.2) is 0 Å². The first-order chi connectivity index (χ1) is 15.9. The van der Waals surface area contributed by atoms with Gasteiger partial charge >= 0.3 is 5.97 Å². The maximum Gasteiger partial charge on any atom is 0.309 e. The summed E-state index contributed by atoms with van der Waals surface area (Å²) in [6, 6.07) is 8.90. The molecule has 1 heterocycles. The molecule has 1 aromatic rings. The highest BCUT2D eigenvalue weighted by Gasteiger charge is 2.42. The summed E-state index contributed by atoms with van der Waals surface area (Å²) in [5.41, 5.74) is 0.367. The van der Waals surface area contributed by atoms with Crippen LogP contribution in [0.5, 0.6) is 0 Å². The summed E-state index contributed by atoms with van der Waals surface area (Å²) >= 11 is 0. The normalized spacial score (nSPS) is 31.1. The number of carbonyl (C=O) groups excluding carboxylic acids is 3. The summed E-state index contributed by atoms with van der Waals surface area (Å²) in [5, 5.41) is 24.2. The Morgan fingerprint density at radius 1 is 1.12 bits per heavy atom. The molecule has 0 saturated carbocycles. The van der Waals surface area contributed by atoms with E-state index >= 15 is 0 Å². The average Bonchev–Trinajstić information content (AvgIpc) is 2.79. The van der Waals surface area contributed by atoms with Crippen LogP contribution in [0.1, 0.15) is 66.7 Å². The summed E-state index contributed by atoms with van der Waals surface area (Å²) in [4.78, 5) is 38.7. The molecule has 1 aromatic carbocycles. The summed E-state index contributed by atoms with van der Waals surface area (Å²) in [6.07, 6.45) is 0.746. The van der Waals surface area contributed by atoms with Gasteiger partial charge in [0, 0.05) is 18.0 Å². The van der Waals surface area contributed by atoms with Crippen LogP contribution in [0.15, 0.2) is 42.0 Å². The largest absolute Gasteiger partial charge is 0.452 e. The Morgan fingerprint density at radius 3 is 2.41 bits per heavy atom. The molecule has 5 atom stereocenters. The minimum absolute atomic E-state index is 0.0954. The highest BCUT2D eigenvalue weighted by Crippen LogP contribution is 2.32. The third kappa shape index (κ3) is 7.50. The van der Waals surface area contributed by atoms with Gasteiger partial charge in [-0.3, -0.25) is 14.4 Å². The van der Waals surface area contributed by atoms with Crippen molar-refractivity contribution in [2.75, 3.05) is 5.32 Å². The van der Waals surface area contributed by atoms with Crippen LogP contribution in [0.4, 0.5) is 5.69 Å². The number of amides is 1. The SMILES string of the molecule is C/C1=C/CC(C(=O)Nc2ccccc2)OC(=O)C[C@H](O)C(C)(C)C(=O)[C@@H](C)[C@H](O)[C@H](C)CCC1. The van der Waals surface area contributed by atoms with E-state index in [0.717, 1.165) is 24.8 Å². The van der Waals surface area contributed by atoms with Crippen LogP contribution in [0.2, 0.25) is 0 Å². The van der Waals surface area contributed by atoms with Gasteiger partial charge in [-0.1, -0.05) is 57.5 Å². The molecule has 0 fully saturated rings. The second-order valence-corrected chi connectivity index (χ2v) is 10.1. The summed E-state index contributed by atoms with van der Waals surface area (Å²) in [7, 11) is 0. The van der Waals surface area contributed by atoms with Gasteiger partial charge in [0.2, 0.25) is 0 Å². The van der Waals surface area contributed by atoms with Gasteiger partial charge in [-0.15, -0.1) is 0 Å². The highest BCUT2D eigenvalue weighted by atomic mass is 16.5. The second-order valence-electron chi connectivity index (χ2n) is 10.1. The summed E-state index contributed by atoms with van der Waals surface area (Å²) < 4.78 is 5.48. The van der Waals surface area contributed by atoms with Crippen LogP contribution >= 0.6 is 0 Å². The molecule has 188 valence electrons. The fraction of sp³-hybridized carbons (Fsp3) is 0.593. The molecule has 2 rings (SSSR count). The number of allylic oxidation sites excluding steroid dienone is 1. The fourth-order valence-electron chi connectivity index (χ4n) is 4.26.